The summed E-state index contributed by atoms with van der Waals surface area (Å²) in [5.74, 6) is 0.548. The zero-order valence-corrected chi connectivity index (χ0v) is 27.1. The van der Waals surface area contributed by atoms with Gasteiger partial charge in [0.05, 0.1) is 16.4 Å². The summed E-state index contributed by atoms with van der Waals surface area (Å²) in [6, 6.07) is 11.8. The molecule has 246 valence electrons. The number of halogens is 1. The van der Waals surface area contributed by atoms with Gasteiger partial charge in [0.25, 0.3) is 5.91 Å². The van der Waals surface area contributed by atoms with Crippen molar-refractivity contribution in [2.75, 3.05) is 70.0 Å². The van der Waals surface area contributed by atoms with E-state index in [2.05, 4.69) is 15.1 Å². The van der Waals surface area contributed by atoms with Gasteiger partial charge in [0, 0.05) is 76.7 Å². The number of hydrogen-bond acceptors (Lipinski definition) is 8. The van der Waals surface area contributed by atoms with E-state index >= 15 is 0 Å². The smallest absolute Gasteiger partial charge is 0.412 e. The summed E-state index contributed by atoms with van der Waals surface area (Å²) < 4.78 is 11.9. The first kappa shape index (κ1) is 31.1. The van der Waals surface area contributed by atoms with E-state index in [0.717, 1.165) is 47.9 Å². The minimum atomic E-state index is -1.01. The molecular formula is C34H43ClN6O5. The summed E-state index contributed by atoms with van der Waals surface area (Å²) in [4.78, 5) is 48.6. The van der Waals surface area contributed by atoms with Crippen molar-refractivity contribution in [3.63, 3.8) is 0 Å². The summed E-state index contributed by atoms with van der Waals surface area (Å²) in [5, 5.41) is 3.18. The quantitative estimate of drug-likeness (QED) is 0.465. The average Bonchev–Trinajstić information content (AvgIpc) is 3.07. The maximum atomic E-state index is 14.1. The molecule has 3 N–H and O–H groups in total. The molecule has 8 rings (SSSR count). The third-order valence-corrected chi connectivity index (χ3v) is 11.1. The van der Waals surface area contributed by atoms with Crippen LogP contribution in [0.4, 0.5) is 21.0 Å². The minimum absolute atomic E-state index is 0.192. The van der Waals surface area contributed by atoms with Gasteiger partial charge in [-0.1, -0.05) is 35.9 Å². The van der Waals surface area contributed by atoms with Crippen LogP contribution in [0.5, 0.6) is 0 Å². The number of nitrogen functional groups attached to an aromatic ring is 1. The predicted octanol–water partition coefficient (Wildman–Crippen LogP) is 4.07. The number of anilines is 2. The number of benzene rings is 2. The summed E-state index contributed by atoms with van der Waals surface area (Å²) >= 11 is 6.41. The molecule has 0 aliphatic carbocycles. The molecule has 6 aliphatic rings. The third-order valence-electron chi connectivity index (χ3n) is 10.8. The van der Waals surface area contributed by atoms with E-state index in [1.54, 1.807) is 11.0 Å². The number of para-hydroxylation sites is 1. The number of carbonyl (C=O) groups is 3. The monoisotopic (exact) mass is 650 g/mol. The van der Waals surface area contributed by atoms with Gasteiger partial charge >= 0.3 is 12.2 Å². The maximum absolute atomic E-state index is 14.1. The van der Waals surface area contributed by atoms with Crippen LogP contribution in [0.25, 0.3) is 0 Å². The Morgan fingerprint density at radius 2 is 1.76 bits per heavy atom. The van der Waals surface area contributed by atoms with Crippen molar-refractivity contribution in [2.45, 2.75) is 56.8 Å². The van der Waals surface area contributed by atoms with Gasteiger partial charge in [-0.05, 0) is 62.0 Å². The van der Waals surface area contributed by atoms with Crippen molar-refractivity contribution >= 4 is 41.1 Å². The number of hydrogen-bond donors (Lipinski definition) is 2. The molecule has 6 heterocycles. The number of piperazine rings is 1. The highest BCUT2D eigenvalue weighted by Crippen LogP contribution is 2.43. The van der Waals surface area contributed by atoms with Crippen LogP contribution in [-0.2, 0) is 26.3 Å². The number of aryl methyl sites for hydroxylation is 1. The molecule has 2 aromatic carbocycles. The standard InChI is InChI=1S/C34H43ClN6O5/c1-22-18-23(19-26(35)30(22)36)20-29(31(42)40-16-14-39(15-17-40)28-21-38-10-6-24(28)7-11-38)45-33(44)41-12-8-34(9-13-41)25-4-2-3-5-27(25)37-32(43)46-34/h2-5,18-19,24,28-29H,6-17,20-21,36H2,1H3,(H,37,43)/t28?,29-/m1/s1. The van der Waals surface area contributed by atoms with Gasteiger partial charge in [-0.25, -0.2) is 9.59 Å². The number of carbonyl (C=O) groups excluding carboxylic acids is 3. The number of likely N-dealkylation sites (tertiary alicyclic amines) is 1. The van der Waals surface area contributed by atoms with Crippen LogP contribution in [0.3, 0.4) is 0 Å². The molecular weight excluding hydrogens is 608 g/mol. The first-order chi connectivity index (χ1) is 22.2. The van der Waals surface area contributed by atoms with Gasteiger partial charge in [0.2, 0.25) is 0 Å². The zero-order valence-electron chi connectivity index (χ0n) is 26.4. The van der Waals surface area contributed by atoms with Crippen molar-refractivity contribution < 1.29 is 23.9 Å². The molecule has 3 amide bonds. The van der Waals surface area contributed by atoms with Crippen LogP contribution in [0.1, 0.15) is 42.4 Å². The van der Waals surface area contributed by atoms with E-state index in [9.17, 15) is 14.4 Å². The van der Waals surface area contributed by atoms with Crippen molar-refractivity contribution in [3.05, 3.63) is 58.1 Å². The molecule has 1 spiro atoms. The summed E-state index contributed by atoms with van der Waals surface area (Å²) in [6.45, 7) is 8.88. The Balaban J connectivity index is 1.03. The largest absolute Gasteiger partial charge is 0.438 e. The van der Waals surface area contributed by atoms with E-state index in [4.69, 9.17) is 26.8 Å². The summed E-state index contributed by atoms with van der Waals surface area (Å²) in [5.41, 5.74) is 9.00. The molecule has 2 bridgehead atoms. The topological polar surface area (TPSA) is 121 Å². The van der Waals surface area contributed by atoms with Crippen LogP contribution >= 0.6 is 11.6 Å². The molecule has 11 nitrogen and oxygen atoms in total. The van der Waals surface area contributed by atoms with Gasteiger partial charge in [0.1, 0.15) is 5.60 Å². The minimum Gasteiger partial charge on any atom is -0.438 e. The van der Waals surface area contributed by atoms with Crippen molar-refractivity contribution in [1.82, 2.24) is 19.6 Å². The van der Waals surface area contributed by atoms with E-state index < -0.39 is 23.9 Å². The first-order valence-electron chi connectivity index (χ1n) is 16.5. The molecule has 5 fully saturated rings. The Labute approximate surface area is 274 Å². The molecule has 2 aromatic rings. The van der Waals surface area contributed by atoms with Crippen LogP contribution in [0.2, 0.25) is 5.02 Å². The fraction of sp³-hybridized carbons (Fsp3) is 0.559. The molecule has 2 atom stereocenters. The maximum Gasteiger partial charge on any atom is 0.412 e. The van der Waals surface area contributed by atoms with Crippen molar-refractivity contribution in [1.29, 1.82) is 0 Å². The number of nitrogens with one attached hydrogen (secondary N) is 1. The van der Waals surface area contributed by atoms with Crippen LogP contribution in [0.15, 0.2) is 36.4 Å². The molecule has 0 aromatic heterocycles. The number of amides is 3. The van der Waals surface area contributed by atoms with E-state index in [-0.39, 0.29) is 12.3 Å². The highest BCUT2D eigenvalue weighted by atomic mass is 35.5. The number of nitrogens with zero attached hydrogens (tertiary/aromatic N) is 4. The lowest BCUT2D eigenvalue weighted by molar-refractivity contribution is -0.144. The Morgan fingerprint density at radius 3 is 2.43 bits per heavy atom. The fourth-order valence-corrected chi connectivity index (χ4v) is 8.43. The Morgan fingerprint density at radius 1 is 1.04 bits per heavy atom. The van der Waals surface area contributed by atoms with Crippen molar-refractivity contribution in [2.24, 2.45) is 5.92 Å². The molecule has 0 saturated carbocycles. The number of piperidine rings is 4. The molecule has 0 radical (unpaired) electrons. The van der Waals surface area contributed by atoms with Crippen LogP contribution in [0, 0.1) is 12.8 Å². The van der Waals surface area contributed by atoms with E-state index in [0.29, 0.717) is 55.8 Å². The first-order valence-corrected chi connectivity index (χ1v) is 16.9. The van der Waals surface area contributed by atoms with Crippen molar-refractivity contribution in [3.8, 4) is 0 Å². The van der Waals surface area contributed by atoms with Gasteiger partial charge in [-0.3, -0.25) is 15.0 Å². The molecule has 12 heteroatoms. The van der Waals surface area contributed by atoms with E-state index in [1.165, 1.54) is 25.9 Å². The second-order valence-corrected chi connectivity index (χ2v) is 13.9. The zero-order chi connectivity index (χ0) is 32.0. The summed E-state index contributed by atoms with van der Waals surface area (Å²) in [7, 11) is 0. The van der Waals surface area contributed by atoms with Gasteiger partial charge in [-0.2, -0.15) is 0 Å². The second kappa shape index (κ2) is 12.6. The SMILES string of the molecule is Cc1cc(C[C@@H](OC(=O)N2CCC3(CC2)OC(=O)Nc2ccccc23)C(=O)N2CCN(C3CN4CCC3CC4)CC2)cc(Cl)c1N. The van der Waals surface area contributed by atoms with Crippen LogP contribution < -0.4 is 11.1 Å². The van der Waals surface area contributed by atoms with Gasteiger partial charge in [-0.15, -0.1) is 0 Å². The van der Waals surface area contributed by atoms with E-state index in [1.807, 2.05) is 42.2 Å². The number of ether oxygens (including phenoxy) is 2. The third kappa shape index (κ3) is 6.00. The number of rotatable bonds is 5. The number of nitrogens with two attached hydrogens (primary N) is 1. The Hall–Kier alpha value is -3.54. The lowest BCUT2D eigenvalue weighted by Crippen LogP contribution is -2.62. The summed E-state index contributed by atoms with van der Waals surface area (Å²) in [6.07, 6.45) is 1.52. The Bertz CT molecular complexity index is 1470. The van der Waals surface area contributed by atoms with Crippen LogP contribution in [-0.4, -0.2) is 109 Å². The lowest BCUT2D eigenvalue weighted by Gasteiger charge is -2.51. The highest BCUT2D eigenvalue weighted by Gasteiger charge is 2.46. The molecule has 6 aliphatic heterocycles. The lowest BCUT2D eigenvalue weighted by atomic mass is 9.82. The average molecular weight is 651 g/mol. The molecule has 5 saturated heterocycles. The highest BCUT2D eigenvalue weighted by molar-refractivity contribution is 6.33. The molecule has 1 unspecified atom stereocenters. The predicted molar refractivity (Wildman–Crippen MR) is 175 cm³/mol. The fourth-order valence-electron chi connectivity index (χ4n) is 8.14. The van der Waals surface area contributed by atoms with Gasteiger partial charge in [0.15, 0.2) is 6.10 Å². The second-order valence-electron chi connectivity index (χ2n) is 13.5. The Kier molecular flexibility index (Phi) is 8.50. The molecule has 46 heavy (non-hydrogen) atoms. The number of fused-ring (bicyclic) bond motifs is 5. The van der Waals surface area contributed by atoms with Gasteiger partial charge < -0.3 is 29.9 Å². The normalized spacial score (nSPS) is 26.2.